The van der Waals surface area contributed by atoms with Crippen LogP contribution in [0.1, 0.15) is 27.7 Å². The van der Waals surface area contributed by atoms with Gasteiger partial charge >= 0.3 is 11.9 Å². The summed E-state index contributed by atoms with van der Waals surface area (Å²) < 4.78 is 9.99. The predicted octanol–water partition coefficient (Wildman–Crippen LogP) is 1.69. The third-order valence-electron chi connectivity index (χ3n) is 2.69. The summed E-state index contributed by atoms with van der Waals surface area (Å²) in [6, 6.07) is 0. The molecular weight excluding hydrogens is 208 g/mol. The molecular formula is C12H18O4. The van der Waals surface area contributed by atoms with Crippen LogP contribution in [0.25, 0.3) is 0 Å². The minimum Gasteiger partial charge on any atom is -0.468 e. The van der Waals surface area contributed by atoms with E-state index in [0.29, 0.717) is 5.57 Å². The SMILES string of the molecule is COC(=O)[C@@H]1C(C)=CC(=O)O[C@H]1C(C)(C)C. The smallest absolute Gasteiger partial charge is 0.331 e. The van der Waals surface area contributed by atoms with Gasteiger partial charge in [0.1, 0.15) is 12.0 Å². The molecule has 90 valence electrons. The van der Waals surface area contributed by atoms with Crippen LogP contribution >= 0.6 is 0 Å². The number of hydrogen-bond donors (Lipinski definition) is 0. The lowest BCUT2D eigenvalue weighted by Crippen LogP contribution is -2.45. The van der Waals surface area contributed by atoms with Crippen LogP contribution in [0, 0.1) is 11.3 Å². The maximum absolute atomic E-state index is 11.7. The number of ether oxygens (including phenoxy) is 2. The fourth-order valence-electron chi connectivity index (χ4n) is 1.85. The van der Waals surface area contributed by atoms with Crippen LogP contribution in [0.4, 0.5) is 0 Å². The van der Waals surface area contributed by atoms with Gasteiger partial charge in [-0.25, -0.2) is 4.79 Å². The molecule has 2 atom stereocenters. The zero-order valence-electron chi connectivity index (χ0n) is 10.4. The largest absolute Gasteiger partial charge is 0.468 e. The van der Waals surface area contributed by atoms with Crippen molar-refractivity contribution in [3.05, 3.63) is 11.6 Å². The molecule has 0 aromatic heterocycles. The monoisotopic (exact) mass is 226 g/mol. The molecule has 16 heavy (non-hydrogen) atoms. The van der Waals surface area contributed by atoms with Crippen molar-refractivity contribution in [3.63, 3.8) is 0 Å². The molecule has 0 unspecified atom stereocenters. The predicted molar refractivity (Wildman–Crippen MR) is 58.6 cm³/mol. The van der Waals surface area contributed by atoms with Gasteiger partial charge in [0.05, 0.1) is 7.11 Å². The first-order valence-electron chi connectivity index (χ1n) is 5.24. The average molecular weight is 226 g/mol. The van der Waals surface area contributed by atoms with E-state index in [1.165, 1.54) is 13.2 Å². The van der Waals surface area contributed by atoms with Crippen LogP contribution in [0.5, 0.6) is 0 Å². The number of methoxy groups -OCH3 is 1. The van der Waals surface area contributed by atoms with Gasteiger partial charge in [0.15, 0.2) is 0 Å². The summed E-state index contributed by atoms with van der Waals surface area (Å²) >= 11 is 0. The maximum atomic E-state index is 11.7. The Morgan fingerprint density at radius 2 is 2.00 bits per heavy atom. The summed E-state index contributed by atoms with van der Waals surface area (Å²) in [5, 5.41) is 0. The van der Waals surface area contributed by atoms with Gasteiger partial charge in [0, 0.05) is 11.5 Å². The second-order valence-corrected chi connectivity index (χ2v) is 5.11. The minimum atomic E-state index is -0.498. The number of esters is 2. The van der Waals surface area contributed by atoms with Gasteiger partial charge in [0.25, 0.3) is 0 Å². The lowest BCUT2D eigenvalue weighted by Gasteiger charge is -2.37. The van der Waals surface area contributed by atoms with E-state index in [-0.39, 0.29) is 11.4 Å². The Morgan fingerprint density at radius 3 is 2.44 bits per heavy atom. The van der Waals surface area contributed by atoms with Crippen molar-refractivity contribution in [2.75, 3.05) is 7.11 Å². The summed E-state index contributed by atoms with van der Waals surface area (Å²) in [6.45, 7) is 7.54. The van der Waals surface area contributed by atoms with Crippen LogP contribution in [-0.2, 0) is 19.1 Å². The number of cyclic esters (lactones) is 1. The molecule has 0 N–H and O–H groups in total. The lowest BCUT2D eigenvalue weighted by atomic mass is 9.77. The van der Waals surface area contributed by atoms with E-state index in [1.54, 1.807) is 6.92 Å². The van der Waals surface area contributed by atoms with E-state index in [4.69, 9.17) is 9.47 Å². The molecule has 0 bridgehead atoms. The lowest BCUT2D eigenvalue weighted by molar-refractivity contribution is -0.164. The van der Waals surface area contributed by atoms with Gasteiger partial charge in [0.2, 0.25) is 0 Å². The first-order valence-corrected chi connectivity index (χ1v) is 5.24. The Morgan fingerprint density at radius 1 is 1.44 bits per heavy atom. The molecule has 1 heterocycles. The van der Waals surface area contributed by atoms with E-state index in [1.807, 2.05) is 20.8 Å². The molecule has 0 radical (unpaired) electrons. The molecule has 1 rings (SSSR count). The molecule has 0 aromatic carbocycles. The van der Waals surface area contributed by atoms with Gasteiger partial charge in [-0.1, -0.05) is 20.8 Å². The second-order valence-electron chi connectivity index (χ2n) is 5.11. The molecule has 0 aliphatic carbocycles. The average Bonchev–Trinajstić information content (AvgIpc) is 2.14. The highest BCUT2D eigenvalue weighted by Crippen LogP contribution is 2.35. The molecule has 1 aliphatic rings. The maximum Gasteiger partial charge on any atom is 0.331 e. The molecule has 0 saturated carbocycles. The highest BCUT2D eigenvalue weighted by Gasteiger charge is 2.43. The minimum absolute atomic E-state index is 0.302. The summed E-state index contributed by atoms with van der Waals surface area (Å²) in [6.07, 6.45) is 0.876. The summed E-state index contributed by atoms with van der Waals surface area (Å²) in [4.78, 5) is 23.0. The van der Waals surface area contributed by atoms with E-state index in [2.05, 4.69) is 0 Å². The van der Waals surface area contributed by atoms with Crippen LogP contribution in [0.2, 0.25) is 0 Å². The molecule has 1 aliphatic heterocycles. The fraction of sp³-hybridized carbons (Fsp3) is 0.667. The standard InChI is InChI=1S/C12H18O4/c1-7-6-8(13)16-10(12(2,3)4)9(7)11(14)15-5/h6,9-10H,1-5H3/t9-,10-/m1/s1. The summed E-state index contributed by atoms with van der Waals surface area (Å²) in [7, 11) is 1.34. The van der Waals surface area contributed by atoms with Crippen molar-refractivity contribution in [3.8, 4) is 0 Å². The molecule has 0 aromatic rings. The van der Waals surface area contributed by atoms with E-state index in [9.17, 15) is 9.59 Å². The second kappa shape index (κ2) is 4.28. The quantitative estimate of drug-likeness (QED) is 0.638. The first kappa shape index (κ1) is 12.7. The highest BCUT2D eigenvalue weighted by atomic mass is 16.6. The van der Waals surface area contributed by atoms with Gasteiger partial charge in [-0.15, -0.1) is 0 Å². The Bertz CT molecular complexity index is 335. The van der Waals surface area contributed by atoms with Crippen molar-refractivity contribution >= 4 is 11.9 Å². The molecule has 0 saturated heterocycles. The molecule has 4 nitrogen and oxygen atoms in total. The summed E-state index contributed by atoms with van der Waals surface area (Å²) in [5.74, 6) is -1.25. The fourth-order valence-corrected chi connectivity index (χ4v) is 1.85. The van der Waals surface area contributed by atoms with E-state index >= 15 is 0 Å². The zero-order chi connectivity index (χ0) is 12.5. The molecule has 0 amide bonds. The van der Waals surface area contributed by atoms with Crippen LogP contribution < -0.4 is 0 Å². The Kier molecular flexibility index (Phi) is 3.41. The topological polar surface area (TPSA) is 52.6 Å². The van der Waals surface area contributed by atoms with Gasteiger partial charge < -0.3 is 9.47 Å². The van der Waals surface area contributed by atoms with Crippen LogP contribution in [0.3, 0.4) is 0 Å². The molecule has 4 heteroatoms. The summed E-state index contributed by atoms with van der Waals surface area (Å²) in [5.41, 5.74) is 0.396. The van der Waals surface area contributed by atoms with Crippen LogP contribution in [-0.4, -0.2) is 25.2 Å². The first-order chi connectivity index (χ1) is 7.27. The van der Waals surface area contributed by atoms with Gasteiger partial charge in [-0.2, -0.15) is 0 Å². The van der Waals surface area contributed by atoms with Crippen LogP contribution in [0.15, 0.2) is 11.6 Å². The zero-order valence-corrected chi connectivity index (χ0v) is 10.4. The van der Waals surface area contributed by atoms with Gasteiger partial charge in [-0.05, 0) is 12.5 Å². The molecule has 0 spiro atoms. The number of rotatable bonds is 1. The Hall–Kier alpha value is -1.32. The van der Waals surface area contributed by atoms with Crippen molar-refractivity contribution in [1.82, 2.24) is 0 Å². The van der Waals surface area contributed by atoms with Crippen molar-refractivity contribution in [2.45, 2.75) is 33.8 Å². The van der Waals surface area contributed by atoms with E-state index in [0.717, 1.165) is 0 Å². The number of hydrogen-bond acceptors (Lipinski definition) is 4. The number of carbonyl (C=O) groups is 2. The van der Waals surface area contributed by atoms with E-state index < -0.39 is 18.0 Å². The van der Waals surface area contributed by atoms with Crippen molar-refractivity contribution in [1.29, 1.82) is 0 Å². The highest BCUT2D eigenvalue weighted by molar-refractivity contribution is 5.88. The Balaban J connectivity index is 3.11. The van der Waals surface area contributed by atoms with Crippen molar-refractivity contribution in [2.24, 2.45) is 11.3 Å². The number of carbonyl (C=O) groups excluding carboxylic acids is 2. The van der Waals surface area contributed by atoms with Crippen molar-refractivity contribution < 1.29 is 19.1 Å². The Labute approximate surface area is 95.6 Å². The normalized spacial score (nSPS) is 25.8. The van der Waals surface area contributed by atoms with Gasteiger partial charge in [-0.3, -0.25) is 4.79 Å². The molecule has 0 fully saturated rings. The third-order valence-corrected chi connectivity index (χ3v) is 2.69. The third kappa shape index (κ3) is 2.43.